The molecule has 10 atom stereocenters. The number of allylic oxidation sites excluding steroid dienone is 1. The summed E-state index contributed by atoms with van der Waals surface area (Å²) in [6, 6.07) is 0. The highest BCUT2D eigenvalue weighted by Gasteiger charge is 2.71. The first-order valence-corrected chi connectivity index (χ1v) is 20.1. The van der Waals surface area contributed by atoms with E-state index in [0.29, 0.717) is 34.0 Å². The molecule has 6 rings (SSSR count). The number of aliphatic carboxylic acids is 1. The van der Waals surface area contributed by atoms with E-state index in [1.165, 1.54) is 95.7 Å². The predicted molar refractivity (Wildman–Crippen MR) is 194 cm³/mol. The number of carboxylic acid groups (broad SMARTS) is 1. The first-order chi connectivity index (χ1) is 22.3. The summed E-state index contributed by atoms with van der Waals surface area (Å²) in [4.78, 5) is 27.4. The Morgan fingerprint density at radius 3 is 2.23 bits per heavy atom. The molecule has 5 heteroatoms. The molecule has 1 N–H and O–H groups in total. The van der Waals surface area contributed by atoms with Gasteiger partial charge in [0.05, 0.1) is 11.8 Å². The molecule has 48 heavy (non-hydrogen) atoms. The molecule has 6 saturated carbocycles. The highest BCUT2D eigenvalue weighted by atomic mass is 16.5. The van der Waals surface area contributed by atoms with Gasteiger partial charge < -0.3 is 14.7 Å². The van der Waals surface area contributed by atoms with Crippen molar-refractivity contribution in [2.45, 2.75) is 158 Å². The molecule has 0 aromatic rings. The van der Waals surface area contributed by atoms with Crippen LogP contribution in [-0.4, -0.2) is 48.2 Å². The zero-order chi connectivity index (χ0) is 35.1. The molecule has 6 fully saturated rings. The van der Waals surface area contributed by atoms with Crippen molar-refractivity contribution < 1.29 is 19.4 Å². The van der Waals surface area contributed by atoms with Gasteiger partial charge in [0.15, 0.2) is 0 Å². The number of rotatable bonds is 11. The predicted octanol–water partition coefficient (Wildman–Crippen LogP) is 10.2. The number of hydrogen-bond donors (Lipinski definition) is 1. The van der Waals surface area contributed by atoms with Gasteiger partial charge in [0.25, 0.3) is 0 Å². The molecule has 0 radical (unpaired) electrons. The standard InChI is InChI=1S/C43H71NO4/c1-28(2)30-16-22-43(19-11-25-44(10)27-29-12-13-29)24-23-41(8)31(36(30)43)14-15-33-40(7)20-18-34(48-35(45)26-38(3,4)37(46)47)39(5,6)32(40)17-21-42(33,41)9/h29-34,36H,1,11-27H2,2-10H3,(H,46,47)/t30-,31+,32-,33+,34-,36+,40-,41+,42+,43+/m0/s1. The van der Waals surface area contributed by atoms with Crippen LogP contribution in [-0.2, 0) is 14.3 Å². The van der Waals surface area contributed by atoms with E-state index in [9.17, 15) is 14.7 Å². The Hall–Kier alpha value is -1.36. The van der Waals surface area contributed by atoms with Crippen molar-refractivity contribution in [1.82, 2.24) is 4.90 Å². The van der Waals surface area contributed by atoms with Crippen LogP contribution in [0.3, 0.4) is 0 Å². The van der Waals surface area contributed by atoms with E-state index < -0.39 is 11.4 Å². The molecule has 0 aromatic heterocycles. The number of esters is 1. The third-order valence-corrected chi connectivity index (χ3v) is 17.1. The van der Waals surface area contributed by atoms with Crippen molar-refractivity contribution in [3.8, 4) is 0 Å². The Labute approximate surface area is 293 Å². The van der Waals surface area contributed by atoms with Crippen LogP contribution < -0.4 is 0 Å². The molecule has 0 amide bonds. The lowest BCUT2D eigenvalue weighted by atomic mass is 9.32. The number of carboxylic acids is 1. The van der Waals surface area contributed by atoms with Crippen LogP contribution in [0.5, 0.6) is 0 Å². The Bertz CT molecular complexity index is 1270. The molecule has 0 aromatic carbocycles. The van der Waals surface area contributed by atoms with Crippen molar-refractivity contribution in [3.05, 3.63) is 12.2 Å². The molecular formula is C43H71NO4. The normalized spacial score (nSPS) is 43.5. The second-order valence-electron chi connectivity index (χ2n) is 20.6. The molecule has 0 bridgehead atoms. The summed E-state index contributed by atoms with van der Waals surface area (Å²) in [5.74, 6) is 3.08. The quantitative estimate of drug-likeness (QED) is 0.176. The highest BCUT2D eigenvalue weighted by molar-refractivity contribution is 5.81. The van der Waals surface area contributed by atoms with Crippen LogP contribution in [0.2, 0.25) is 0 Å². The fourth-order valence-electron chi connectivity index (χ4n) is 14.1. The summed E-state index contributed by atoms with van der Waals surface area (Å²) in [7, 11) is 2.36. The summed E-state index contributed by atoms with van der Waals surface area (Å²) < 4.78 is 6.20. The fourth-order valence-corrected chi connectivity index (χ4v) is 14.1. The molecule has 6 aliphatic rings. The van der Waals surface area contributed by atoms with Gasteiger partial charge in [0.1, 0.15) is 6.10 Å². The smallest absolute Gasteiger partial charge is 0.309 e. The Balaban J connectivity index is 1.21. The van der Waals surface area contributed by atoms with Crippen LogP contribution in [0.1, 0.15) is 152 Å². The van der Waals surface area contributed by atoms with Gasteiger partial charge in [-0.25, -0.2) is 0 Å². The number of nitrogens with zero attached hydrogens (tertiary/aromatic N) is 1. The third kappa shape index (κ3) is 5.84. The number of fused-ring (bicyclic) bond motifs is 7. The zero-order valence-electron chi connectivity index (χ0n) is 32.4. The van der Waals surface area contributed by atoms with E-state index in [4.69, 9.17) is 4.74 Å². The number of carbonyl (C=O) groups is 2. The van der Waals surface area contributed by atoms with Gasteiger partial charge in [-0.15, -0.1) is 0 Å². The van der Waals surface area contributed by atoms with Gasteiger partial charge in [-0.3, -0.25) is 9.59 Å². The molecule has 6 aliphatic carbocycles. The average Bonchev–Trinajstić information content (AvgIpc) is 3.71. The fraction of sp³-hybridized carbons (Fsp3) is 0.907. The summed E-state index contributed by atoms with van der Waals surface area (Å²) in [6.07, 6.45) is 18.1. The molecule has 0 heterocycles. The summed E-state index contributed by atoms with van der Waals surface area (Å²) in [5, 5.41) is 9.60. The van der Waals surface area contributed by atoms with Crippen molar-refractivity contribution in [2.75, 3.05) is 20.1 Å². The number of ether oxygens (including phenoxy) is 1. The molecule has 5 nitrogen and oxygen atoms in total. The second kappa shape index (κ2) is 12.4. The van der Waals surface area contributed by atoms with E-state index in [1.54, 1.807) is 13.8 Å². The number of hydrogen-bond acceptors (Lipinski definition) is 4. The maximum absolute atomic E-state index is 13.1. The van der Waals surface area contributed by atoms with Crippen LogP contribution in [0.25, 0.3) is 0 Å². The summed E-state index contributed by atoms with van der Waals surface area (Å²) in [6.45, 7) is 25.5. The third-order valence-electron chi connectivity index (χ3n) is 17.1. The maximum atomic E-state index is 13.1. The minimum Gasteiger partial charge on any atom is -0.481 e. The molecule has 0 spiro atoms. The van der Waals surface area contributed by atoms with Crippen molar-refractivity contribution >= 4 is 11.9 Å². The minimum absolute atomic E-state index is 0.0811. The van der Waals surface area contributed by atoms with Crippen molar-refractivity contribution in [3.63, 3.8) is 0 Å². The van der Waals surface area contributed by atoms with Gasteiger partial charge in [-0.05, 0) is 181 Å². The van der Waals surface area contributed by atoms with Crippen molar-refractivity contribution in [1.29, 1.82) is 0 Å². The van der Waals surface area contributed by atoms with Gasteiger partial charge in [0, 0.05) is 12.0 Å². The zero-order valence-corrected chi connectivity index (χ0v) is 32.4. The topological polar surface area (TPSA) is 66.8 Å². The van der Waals surface area contributed by atoms with E-state index in [1.807, 2.05) is 0 Å². The molecular weight excluding hydrogens is 594 g/mol. The van der Waals surface area contributed by atoms with Crippen LogP contribution in [0.4, 0.5) is 0 Å². The summed E-state index contributed by atoms with van der Waals surface area (Å²) in [5.41, 5.74) is 1.56. The first-order valence-electron chi connectivity index (χ1n) is 20.1. The largest absolute Gasteiger partial charge is 0.481 e. The van der Waals surface area contributed by atoms with Crippen LogP contribution in [0, 0.1) is 68.0 Å². The van der Waals surface area contributed by atoms with Gasteiger partial charge in [-0.2, -0.15) is 0 Å². The van der Waals surface area contributed by atoms with Crippen LogP contribution in [0.15, 0.2) is 12.2 Å². The SMILES string of the molecule is C=C(C)[C@@H]1CC[C@]2(CCCN(C)CC3CC3)CC[C@]3(C)[C@H](CC[C@@H]4[C@@]5(C)CC[C@H](OC(=O)CC(C)(C)C(=O)O)C(C)(C)[C@@H]5CC[C@]43C)[C@@H]12. The molecule has 0 aliphatic heterocycles. The molecule has 272 valence electrons. The lowest BCUT2D eigenvalue weighted by Gasteiger charge is -2.73. The lowest BCUT2D eigenvalue weighted by molar-refractivity contribution is -0.250. The van der Waals surface area contributed by atoms with E-state index >= 15 is 0 Å². The van der Waals surface area contributed by atoms with Gasteiger partial charge in [-0.1, -0.05) is 46.8 Å². The molecule has 0 unspecified atom stereocenters. The molecule has 0 saturated heterocycles. The lowest BCUT2D eigenvalue weighted by Crippen LogP contribution is -2.66. The van der Waals surface area contributed by atoms with Crippen LogP contribution >= 0.6 is 0 Å². The first kappa shape index (κ1) is 36.4. The Morgan fingerprint density at radius 2 is 1.58 bits per heavy atom. The van der Waals surface area contributed by atoms with Crippen molar-refractivity contribution in [2.24, 2.45) is 68.0 Å². The van der Waals surface area contributed by atoms with E-state index in [0.717, 1.165) is 30.6 Å². The minimum atomic E-state index is -1.11. The number of carbonyl (C=O) groups excluding carboxylic acids is 1. The monoisotopic (exact) mass is 666 g/mol. The summed E-state index contributed by atoms with van der Waals surface area (Å²) >= 11 is 0. The van der Waals surface area contributed by atoms with Gasteiger partial charge >= 0.3 is 11.9 Å². The highest BCUT2D eigenvalue weighted by Crippen LogP contribution is 2.78. The average molecular weight is 666 g/mol. The van der Waals surface area contributed by atoms with E-state index in [2.05, 4.69) is 60.1 Å². The Morgan fingerprint density at radius 1 is 0.875 bits per heavy atom. The van der Waals surface area contributed by atoms with E-state index in [-0.39, 0.29) is 29.3 Å². The maximum Gasteiger partial charge on any atom is 0.309 e. The second-order valence-corrected chi connectivity index (χ2v) is 20.6. The van der Waals surface area contributed by atoms with Gasteiger partial charge in [0.2, 0.25) is 0 Å². The Kier molecular flexibility index (Phi) is 9.41.